The highest BCUT2D eigenvalue weighted by Gasteiger charge is 2.24. The summed E-state index contributed by atoms with van der Waals surface area (Å²) in [4.78, 5) is 14.4. The number of piperazine rings is 1. The number of aromatic nitrogens is 2. The highest BCUT2D eigenvalue weighted by Crippen LogP contribution is 2.16. The number of hydrogen-bond acceptors (Lipinski definition) is 3. The van der Waals surface area contributed by atoms with Gasteiger partial charge in [-0.2, -0.15) is 5.10 Å². The molecule has 0 bridgehead atoms. The Balaban J connectivity index is 1.83. The van der Waals surface area contributed by atoms with Crippen LogP contribution < -0.4 is 5.32 Å². The number of carbonyl (C=O) groups excluding carboxylic acids is 1. The van der Waals surface area contributed by atoms with Crippen molar-refractivity contribution in [3.63, 3.8) is 0 Å². The zero-order valence-electron chi connectivity index (χ0n) is 11.8. The molecule has 5 nitrogen and oxygen atoms in total. The Morgan fingerprint density at radius 3 is 3.10 bits per heavy atom. The monoisotopic (exact) mass is 304 g/mol. The van der Waals surface area contributed by atoms with Gasteiger partial charge in [-0.25, -0.2) is 4.68 Å². The first kappa shape index (κ1) is 14.1. The maximum atomic E-state index is 12.5. The Bertz CT molecular complexity index is 655. The van der Waals surface area contributed by atoms with E-state index in [4.69, 9.17) is 11.6 Å². The highest BCUT2D eigenvalue weighted by atomic mass is 35.5. The van der Waals surface area contributed by atoms with Gasteiger partial charge in [0.2, 0.25) is 0 Å². The molecule has 1 N–H and O–H groups in total. The van der Waals surface area contributed by atoms with Crippen molar-refractivity contribution in [1.29, 1.82) is 0 Å². The fourth-order valence-corrected chi connectivity index (χ4v) is 2.69. The molecule has 1 aromatic heterocycles. The molecule has 2 aromatic rings. The number of carbonyl (C=O) groups is 1. The molecule has 1 saturated heterocycles. The molecule has 1 unspecified atom stereocenters. The van der Waals surface area contributed by atoms with Crippen LogP contribution in [0.5, 0.6) is 0 Å². The van der Waals surface area contributed by atoms with Crippen molar-refractivity contribution >= 4 is 17.5 Å². The first-order chi connectivity index (χ1) is 10.1. The van der Waals surface area contributed by atoms with Crippen LogP contribution in [0.4, 0.5) is 0 Å². The summed E-state index contributed by atoms with van der Waals surface area (Å²) in [5, 5.41) is 8.19. The van der Waals surface area contributed by atoms with Gasteiger partial charge in [0.15, 0.2) is 0 Å². The molecule has 6 heteroatoms. The second-order valence-electron chi connectivity index (χ2n) is 5.21. The Hall–Kier alpha value is -1.85. The molecule has 1 fully saturated rings. The van der Waals surface area contributed by atoms with Crippen LogP contribution in [0.15, 0.2) is 36.7 Å². The second-order valence-corrected chi connectivity index (χ2v) is 5.64. The topological polar surface area (TPSA) is 50.2 Å². The van der Waals surface area contributed by atoms with Gasteiger partial charge >= 0.3 is 0 Å². The van der Waals surface area contributed by atoms with Crippen LogP contribution in [0.3, 0.4) is 0 Å². The molecule has 1 aliphatic heterocycles. The molecule has 0 saturated carbocycles. The van der Waals surface area contributed by atoms with Gasteiger partial charge in [-0.15, -0.1) is 0 Å². The number of amides is 1. The second kappa shape index (κ2) is 5.87. The maximum Gasteiger partial charge on any atom is 0.257 e. The Morgan fingerprint density at radius 2 is 2.33 bits per heavy atom. The third-order valence-electron chi connectivity index (χ3n) is 3.66. The molecule has 3 rings (SSSR count). The molecule has 1 aromatic carbocycles. The fourth-order valence-electron chi connectivity index (χ4n) is 2.50. The summed E-state index contributed by atoms with van der Waals surface area (Å²) in [6.45, 7) is 4.43. The number of nitrogens with zero attached hydrogens (tertiary/aromatic N) is 3. The van der Waals surface area contributed by atoms with Crippen LogP contribution in [-0.2, 0) is 0 Å². The average molecular weight is 305 g/mol. The first-order valence-electron chi connectivity index (χ1n) is 6.97. The number of benzene rings is 1. The standard InChI is InChI=1S/C15H17ClN4O/c1-11-8-17-5-6-19(11)15(21)12-9-18-20(10-12)14-4-2-3-13(16)7-14/h2-4,7,9-11,17H,5-6,8H2,1H3. The van der Waals surface area contributed by atoms with Crippen LogP contribution in [0, 0.1) is 0 Å². The quantitative estimate of drug-likeness (QED) is 0.923. The first-order valence-corrected chi connectivity index (χ1v) is 7.35. The summed E-state index contributed by atoms with van der Waals surface area (Å²) in [6, 6.07) is 7.58. The van der Waals surface area contributed by atoms with E-state index in [0.29, 0.717) is 10.6 Å². The van der Waals surface area contributed by atoms with Crippen LogP contribution in [0.2, 0.25) is 5.02 Å². The van der Waals surface area contributed by atoms with Gasteiger partial charge in [-0.3, -0.25) is 4.79 Å². The lowest BCUT2D eigenvalue weighted by molar-refractivity contribution is 0.0656. The van der Waals surface area contributed by atoms with E-state index in [-0.39, 0.29) is 11.9 Å². The van der Waals surface area contributed by atoms with E-state index in [9.17, 15) is 4.79 Å². The van der Waals surface area contributed by atoms with Crippen LogP contribution >= 0.6 is 11.6 Å². The minimum atomic E-state index is 0.0253. The van der Waals surface area contributed by atoms with Gasteiger partial charge in [-0.1, -0.05) is 17.7 Å². The highest BCUT2D eigenvalue weighted by molar-refractivity contribution is 6.30. The normalized spacial score (nSPS) is 18.8. The lowest BCUT2D eigenvalue weighted by Crippen LogP contribution is -2.52. The van der Waals surface area contributed by atoms with Crippen LogP contribution in [0.1, 0.15) is 17.3 Å². The summed E-state index contributed by atoms with van der Waals surface area (Å²) in [7, 11) is 0. The molecule has 2 heterocycles. The van der Waals surface area contributed by atoms with E-state index in [2.05, 4.69) is 10.4 Å². The van der Waals surface area contributed by atoms with E-state index >= 15 is 0 Å². The van der Waals surface area contributed by atoms with Crippen molar-refractivity contribution in [3.8, 4) is 5.69 Å². The lowest BCUT2D eigenvalue weighted by Gasteiger charge is -2.33. The van der Waals surface area contributed by atoms with Gasteiger partial charge in [0.05, 0.1) is 17.4 Å². The number of hydrogen-bond donors (Lipinski definition) is 1. The Kier molecular flexibility index (Phi) is 3.94. The van der Waals surface area contributed by atoms with Crippen LogP contribution in [-0.4, -0.2) is 46.3 Å². The zero-order chi connectivity index (χ0) is 14.8. The predicted molar refractivity (Wildman–Crippen MR) is 81.9 cm³/mol. The summed E-state index contributed by atoms with van der Waals surface area (Å²) < 4.78 is 1.67. The van der Waals surface area contributed by atoms with E-state index in [0.717, 1.165) is 25.3 Å². The smallest absolute Gasteiger partial charge is 0.257 e. The SMILES string of the molecule is CC1CNCCN1C(=O)c1cnn(-c2cccc(Cl)c2)c1. The van der Waals surface area contributed by atoms with E-state index in [1.54, 1.807) is 17.1 Å². The third kappa shape index (κ3) is 2.94. The average Bonchev–Trinajstić information content (AvgIpc) is 2.97. The maximum absolute atomic E-state index is 12.5. The largest absolute Gasteiger partial charge is 0.333 e. The van der Waals surface area contributed by atoms with Crippen molar-refractivity contribution in [1.82, 2.24) is 20.0 Å². The van der Waals surface area contributed by atoms with Gasteiger partial charge in [0, 0.05) is 36.9 Å². The van der Waals surface area contributed by atoms with E-state index < -0.39 is 0 Å². The summed E-state index contributed by atoms with van der Waals surface area (Å²) >= 11 is 5.98. The molecule has 0 spiro atoms. The summed E-state index contributed by atoms with van der Waals surface area (Å²) in [6.07, 6.45) is 3.36. The summed E-state index contributed by atoms with van der Waals surface area (Å²) in [5.41, 5.74) is 1.44. The Morgan fingerprint density at radius 1 is 1.48 bits per heavy atom. The van der Waals surface area contributed by atoms with Gasteiger partial charge < -0.3 is 10.2 Å². The van der Waals surface area contributed by atoms with Gasteiger partial charge in [0.25, 0.3) is 5.91 Å². The van der Waals surface area contributed by atoms with Crippen molar-refractivity contribution < 1.29 is 4.79 Å². The molecule has 1 atom stereocenters. The van der Waals surface area contributed by atoms with Gasteiger partial charge in [-0.05, 0) is 25.1 Å². The lowest BCUT2D eigenvalue weighted by atomic mass is 10.2. The minimum absolute atomic E-state index is 0.0253. The predicted octanol–water partition coefficient (Wildman–Crippen LogP) is 1.96. The van der Waals surface area contributed by atoms with Gasteiger partial charge in [0.1, 0.15) is 0 Å². The van der Waals surface area contributed by atoms with Crippen molar-refractivity contribution in [2.45, 2.75) is 13.0 Å². The Labute approximate surface area is 128 Å². The zero-order valence-corrected chi connectivity index (χ0v) is 12.5. The van der Waals surface area contributed by atoms with Crippen molar-refractivity contribution in [2.24, 2.45) is 0 Å². The number of halogens is 1. The fraction of sp³-hybridized carbons (Fsp3) is 0.333. The molecular weight excluding hydrogens is 288 g/mol. The number of nitrogens with one attached hydrogen (secondary N) is 1. The van der Waals surface area contributed by atoms with Crippen LogP contribution in [0.25, 0.3) is 5.69 Å². The molecule has 110 valence electrons. The number of rotatable bonds is 2. The van der Waals surface area contributed by atoms with E-state index in [1.165, 1.54) is 0 Å². The molecular formula is C15H17ClN4O. The molecule has 1 aliphatic rings. The minimum Gasteiger partial charge on any atom is -0.333 e. The molecule has 0 aliphatic carbocycles. The molecule has 0 radical (unpaired) electrons. The summed E-state index contributed by atoms with van der Waals surface area (Å²) in [5.74, 6) is 0.0253. The van der Waals surface area contributed by atoms with E-state index in [1.807, 2.05) is 36.1 Å². The van der Waals surface area contributed by atoms with Crippen molar-refractivity contribution in [2.75, 3.05) is 19.6 Å². The third-order valence-corrected chi connectivity index (χ3v) is 3.90. The molecule has 1 amide bonds. The van der Waals surface area contributed by atoms with Crippen molar-refractivity contribution in [3.05, 3.63) is 47.2 Å². The molecule has 21 heavy (non-hydrogen) atoms.